The number of hydrogen-bond donors (Lipinski definition) is 0. The summed E-state index contributed by atoms with van der Waals surface area (Å²) in [6.45, 7) is 6.59. The van der Waals surface area contributed by atoms with Crippen molar-refractivity contribution in [1.29, 1.82) is 0 Å². The Balaban J connectivity index is 1.47. The number of piperidine rings is 1. The third kappa shape index (κ3) is 5.14. The molecule has 0 radical (unpaired) electrons. The van der Waals surface area contributed by atoms with E-state index in [-0.39, 0.29) is 5.91 Å². The largest absolute Gasteiger partial charge is 0.497 e. The van der Waals surface area contributed by atoms with E-state index in [2.05, 4.69) is 32.7 Å². The third-order valence-electron chi connectivity index (χ3n) is 7.42. The van der Waals surface area contributed by atoms with Gasteiger partial charge in [-0.1, -0.05) is 6.92 Å². The number of carbonyl (C=O) groups excluding carboxylic acids is 1. The number of rotatable bonds is 9. The normalized spacial score (nSPS) is 18.1. The highest BCUT2D eigenvalue weighted by molar-refractivity contribution is 9.10. The molecule has 0 bridgehead atoms. The van der Waals surface area contributed by atoms with Crippen LogP contribution in [0.1, 0.15) is 30.9 Å². The van der Waals surface area contributed by atoms with Crippen molar-refractivity contribution in [3.63, 3.8) is 0 Å². The van der Waals surface area contributed by atoms with Gasteiger partial charge in [0.15, 0.2) is 0 Å². The molecule has 0 atom stereocenters. The Hall–Kier alpha value is -2.49. The molecule has 2 aromatic carbocycles. The molecule has 4 rings (SSSR count). The number of hydrogen-bond acceptors (Lipinski definition) is 7. The molecule has 0 unspecified atom stereocenters. The smallest absolute Gasteiger partial charge is 0.244 e. The minimum absolute atomic E-state index is 0.209. The fraction of sp³-hybridized carbons (Fsp3) is 0.519. The molecule has 36 heavy (non-hydrogen) atoms. The van der Waals surface area contributed by atoms with Crippen LogP contribution < -0.4 is 18.9 Å². The number of likely N-dealkylation sites (tertiary alicyclic amines) is 1. The Bertz CT molecular complexity index is 1070. The van der Waals surface area contributed by atoms with Crippen LogP contribution in [-0.2, 0) is 17.9 Å². The van der Waals surface area contributed by atoms with Crippen molar-refractivity contribution >= 4 is 21.8 Å². The van der Waals surface area contributed by atoms with E-state index in [1.54, 1.807) is 28.4 Å². The van der Waals surface area contributed by atoms with Gasteiger partial charge in [-0.25, -0.2) is 0 Å². The molecular formula is C27H36BrN3O5. The fourth-order valence-corrected chi connectivity index (χ4v) is 5.92. The second-order valence-corrected chi connectivity index (χ2v) is 10.1. The lowest BCUT2D eigenvalue weighted by Gasteiger charge is -2.42. The molecule has 1 amide bonds. The molecular weight excluding hydrogens is 526 g/mol. The van der Waals surface area contributed by atoms with Crippen molar-refractivity contribution in [1.82, 2.24) is 14.7 Å². The highest BCUT2D eigenvalue weighted by atomic mass is 79.9. The molecule has 0 N–H and O–H groups in total. The summed E-state index contributed by atoms with van der Waals surface area (Å²) in [5.74, 6) is 3.19. The lowest BCUT2D eigenvalue weighted by molar-refractivity contribution is -0.136. The lowest BCUT2D eigenvalue weighted by Crippen LogP contribution is -2.56. The summed E-state index contributed by atoms with van der Waals surface area (Å²) in [6.07, 6.45) is 1.61. The van der Waals surface area contributed by atoms with E-state index in [0.29, 0.717) is 24.7 Å². The number of ether oxygens (including phenoxy) is 4. The van der Waals surface area contributed by atoms with Crippen molar-refractivity contribution in [2.45, 2.75) is 38.4 Å². The van der Waals surface area contributed by atoms with Crippen LogP contribution in [0.5, 0.6) is 23.0 Å². The number of carbonyl (C=O) groups is 1. The maximum absolute atomic E-state index is 13.9. The summed E-state index contributed by atoms with van der Waals surface area (Å²) in [5.41, 5.74) is 1.66. The maximum Gasteiger partial charge on any atom is 0.244 e. The van der Waals surface area contributed by atoms with Gasteiger partial charge in [-0.2, -0.15) is 0 Å². The standard InChI is InChI=1S/C27H36BrN3O5/c1-6-31-18-30(17-20-13-23(35-4)15-24(36-5)25(20)28)26(32)27(31)7-9-29(10-8-27)16-19-11-21(33-2)14-22(12-19)34-3/h11-15H,6-10,16-18H2,1-5H3. The zero-order valence-corrected chi connectivity index (χ0v) is 23.4. The minimum atomic E-state index is -0.452. The molecule has 0 aliphatic carbocycles. The molecule has 0 saturated carbocycles. The van der Waals surface area contributed by atoms with Crippen LogP contribution in [0.2, 0.25) is 0 Å². The number of methoxy groups -OCH3 is 4. The molecule has 2 saturated heterocycles. The molecule has 2 fully saturated rings. The Morgan fingerprint density at radius 1 is 0.861 bits per heavy atom. The van der Waals surface area contributed by atoms with Crippen molar-refractivity contribution in [3.8, 4) is 23.0 Å². The first-order valence-electron chi connectivity index (χ1n) is 12.3. The van der Waals surface area contributed by atoms with Crippen LogP contribution in [0.4, 0.5) is 0 Å². The van der Waals surface area contributed by atoms with Crippen LogP contribution in [0.3, 0.4) is 0 Å². The average Bonchev–Trinajstić information content (AvgIpc) is 3.16. The summed E-state index contributed by atoms with van der Waals surface area (Å²) < 4.78 is 22.7. The van der Waals surface area contributed by atoms with Gasteiger partial charge in [0, 0.05) is 38.3 Å². The van der Waals surface area contributed by atoms with E-state index in [1.165, 1.54) is 0 Å². The van der Waals surface area contributed by atoms with Crippen LogP contribution in [0, 0.1) is 0 Å². The van der Waals surface area contributed by atoms with E-state index in [4.69, 9.17) is 18.9 Å². The average molecular weight is 563 g/mol. The topological polar surface area (TPSA) is 63.7 Å². The molecule has 2 heterocycles. The molecule has 2 aromatic rings. The quantitative estimate of drug-likeness (QED) is 0.456. The van der Waals surface area contributed by atoms with Crippen LogP contribution >= 0.6 is 15.9 Å². The van der Waals surface area contributed by atoms with E-state index >= 15 is 0 Å². The van der Waals surface area contributed by atoms with Crippen molar-refractivity contribution in [3.05, 3.63) is 45.9 Å². The molecule has 2 aliphatic heterocycles. The van der Waals surface area contributed by atoms with Gasteiger partial charge in [-0.05, 0) is 64.6 Å². The first kappa shape index (κ1) is 26.6. The Labute approximate surface area is 222 Å². The highest BCUT2D eigenvalue weighted by Gasteiger charge is 2.52. The third-order valence-corrected chi connectivity index (χ3v) is 8.32. The van der Waals surface area contributed by atoms with E-state index in [1.807, 2.05) is 35.2 Å². The number of amides is 1. The molecule has 2 aliphatic rings. The highest BCUT2D eigenvalue weighted by Crippen LogP contribution is 2.39. The summed E-state index contributed by atoms with van der Waals surface area (Å²) in [6, 6.07) is 9.79. The van der Waals surface area contributed by atoms with Crippen LogP contribution in [0.25, 0.3) is 0 Å². The van der Waals surface area contributed by atoms with Crippen molar-refractivity contribution in [2.24, 2.45) is 0 Å². The second-order valence-electron chi connectivity index (χ2n) is 9.33. The summed E-state index contributed by atoms with van der Waals surface area (Å²) in [7, 11) is 6.60. The molecule has 1 spiro atoms. The molecule has 9 heteroatoms. The molecule has 8 nitrogen and oxygen atoms in total. The van der Waals surface area contributed by atoms with Crippen LogP contribution in [-0.4, -0.2) is 80.9 Å². The van der Waals surface area contributed by atoms with Crippen molar-refractivity contribution < 1.29 is 23.7 Å². The van der Waals surface area contributed by atoms with Gasteiger partial charge in [0.2, 0.25) is 5.91 Å². The van der Waals surface area contributed by atoms with Gasteiger partial charge < -0.3 is 23.8 Å². The zero-order chi connectivity index (χ0) is 25.9. The number of halogens is 1. The van der Waals surface area contributed by atoms with Gasteiger partial charge in [-0.3, -0.25) is 14.6 Å². The molecule has 0 aromatic heterocycles. The molecule has 196 valence electrons. The van der Waals surface area contributed by atoms with Gasteiger partial charge in [0.1, 0.15) is 28.5 Å². The predicted molar refractivity (Wildman–Crippen MR) is 142 cm³/mol. The first-order chi connectivity index (χ1) is 17.4. The summed E-state index contributed by atoms with van der Waals surface area (Å²) in [5, 5.41) is 0. The van der Waals surface area contributed by atoms with E-state index < -0.39 is 5.54 Å². The van der Waals surface area contributed by atoms with Gasteiger partial charge in [-0.15, -0.1) is 0 Å². The minimum Gasteiger partial charge on any atom is -0.497 e. The summed E-state index contributed by atoms with van der Waals surface area (Å²) in [4.78, 5) is 20.6. The zero-order valence-electron chi connectivity index (χ0n) is 21.8. The van der Waals surface area contributed by atoms with E-state index in [9.17, 15) is 4.79 Å². The van der Waals surface area contributed by atoms with E-state index in [0.717, 1.165) is 66.1 Å². The Morgan fingerprint density at radius 3 is 2.03 bits per heavy atom. The lowest BCUT2D eigenvalue weighted by atomic mass is 9.85. The monoisotopic (exact) mass is 561 g/mol. The van der Waals surface area contributed by atoms with Crippen molar-refractivity contribution in [2.75, 3.05) is 54.7 Å². The predicted octanol–water partition coefficient (Wildman–Crippen LogP) is 4.14. The maximum atomic E-state index is 13.9. The first-order valence-corrected chi connectivity index (χ1v) is 13.1. The van der Waals surface area contributed by atoms with Gasteiger partial charge in [0.25, 0.3) is 0 Å². The SMILES string of the molecule is CCN1CN(Cc2cc(OC)cc(OC)c2Br)C(=O)C12CCN(Cc1cc(OC)cc(OC)c1)CC2. The van der Waals surface area contributed by atoms with Crippen LogP contribution in [0.15, 0.2) is 34.8 Å². The Kier molecular flexibility index (Phi) is 8.32. The second kappa shape index (κ2) is 11.3. The Morgan fingerprint density at radius 2 is 1.47 bits per heavy atom. The number of likely N-dealkylation sites (N-methyl/N-ethyl adjacent to an activating group) is 1. The number of benzene rings is 2. The fourth-order valence-electron chi connectivity index (χ4n) is 5.40. The summed E-state index contributed by atoms with van der Waals surface area (Å²) >= 11 is 3.65. The number of nitrogens with zero attached hydrogens (tertiary/aromatic N) is 3. The van der Waals surface area contributed by atoms with Gasteiger partial charge in [0.05, 0.1) is 39.6 Å². The van der Waals surface area contributed by atoms with Gasteiger partial charge >= 0.3 is 0 Å².